The summed E-state index contributed by atoms with van der Waals surface area (Å²) < 4.78 is 24.8. The van der Waals surface area contributed by atoms with E-state index in [0.29, 0.717) is 5.82 Å². The Hall–Kier alpha value is -1.74. The number of carbonyl (C=O) groups is 1. The van der Waals surface area contributed by atoms with Crippen LogP contribution in [0.5, 0.6) is 0 Å². The van der Waals surface area contributed by atoms with Crippen molar-refractivity contribution in [2.45, 2.75) is 19.4 Å². The van der Waals surface area contributed by atoms with Crippen molar-refractivity contribution in [3.8, 4) is 0 Å². The molecule has 1 aromatic heterocycles. The van der Waals surface area contributed by atoms with Crippen LogP contribution in [0.4, 0.5) is 5.82 Å². The topological polar surface area (TPSA) is 113 Å². The molecule has 0 atom stereocenters. The Morgan fingerprint density at radius 2 is 2.00 bits per heavy atom. The van der Waals surface area contributed by atoms with Crippen LogP contribution in [-0.2, 0) is 10.0 Å². The highest BCUT2D eigenvalue weighted by Crippen LogP contribution is 2.04. The minimum Gasteiger partial charge on any atom is -0.372 e. The van der Waals surface area contributed by atoms with Crippen molar-refractivity contribution in [1.29, 1.82) is 0 Å². The van der Waals surface area contributed by atoms with Gasteiger partial charge in [0.05, 0.1) is 18.6 Å². The minimum absolute atomic E-state index is 0.129. The Kier molecular flexibility index (Phi) is 5.01. The second kappa shape index (κ2) is 6.14. The fourth-order valence-electron chi connectivity index (χ4n) is 1.53. The molecule has 0 saturated carbocycles. The van der Waals surface area contributed by atoms with Crippen LogP contribution in [0.1, 0.15) is 24.3 Å². The molecule has 0 bridgehead atoms. The van der Waals surface area contributed by atoms with Crippen LogP contribution >= 0.6 is 0 Å². The van der Waals surface area contributed by atoms with E-state index < -0.39 is 21.5 Å². The van der Waals surface area contributed by atoms with Gasteiger partial charge in [0.1, 0.15) is 11.5 Å². The van der Waals surface area contributed by atoms with E-state index in [2.05, 4.69) is 25.3 Å². The molecule has 0 aliphatic carbocycles. The van der Waals surface area contributed by atoms with Gasteiger partial charge >= 0.3 is 0 Å². The van der Waals surface area contributed by atoms with Crippen LogP contribution in [0.15, 0.2) is 12.4 Å². The Balaban J connectivity index is 2.67. The summed E-state index contributed by atoms with van der Waals surface area (Å²) in [5, 5.41) is 5.40. The van der Waals surface area contributed by atoms with Crippen LogP contribution in [0, 0.1) is 0 Å². The van der Waals surface area contributed by atoms with E-state index in [1.807, 2.05) is 0 Å². The van der Waals surface area contributed by atoms with Gasteiger partial charge in [0, 0.05) is 19.1 Å². The van der Waals surface area contributed by atoms with Crippen molar-refractivity contribution in [2.24, 2.45) is 0 Å². The lowest BCUT2D eigenvalue weighted by Crippen LogP contribution is -2.51. The van der Waals surface area contributed by atoms with Gasteiger partial charge in [-0.15, -0.1) is 0 Å². The number of nitrogens with zero attached hydrogens (tertiary/aromatic N) is 2. The number of hydrogen-bond acceptors (Lipinski definition) is 6. The van der Waals surface area contributed by atoms with E-state index in [1.54, 1.807) is 20.9 Å². The number of nitrogens with one attached hydrogen (secondary N) is 3. The predicted molar refractivity (Wildman–Crippen MR) is 76.0 cm³/mol. The first-order valence-electron chi connectivity index (χ1n) is 5.90. The number of amides is 1. The summed E-state index contributed by atoms with van der Waals surface area (Å²) in [6.45, 7) is 3.47. The summed E-state index contributed by atoms with van der Waals surface area (Å²) in [6, 6.07) is 0. The molecule has 3 N–H and O–H groups in total. The van der Waals surface area contributed by atoms with Crippen LogP contribution in [0.25, 0.3) is 0 Å². The zero-order valence-corrected chi connectivity index (χ0v) is 12.7. The summed E-state index contributed by atoms with van der Waals surface area (Å²) >= 11 is 0. The lowest BCUT2D eigenvalue weighted by atomic mass is 10.1. The van der Waals surface area contributed by atoms with E-state index >= 15 is 0 Å². The summed E-state index contributed by atoms with van der Waals surface area (Å²) in [5.74, 6) is 0.0594. The van der Waals surface area contributed by atoms with Crippen LogP contribution < -0.4 is 15.4 Å². The molecule has 1 aromatic rings. The molecular weight excluding hydrogens is 282 g/mol. The zero-order chi connectivity index (χ0) is 15.4. The molecular formula is C11H19N5O3S. The molecule has 0 aromatic carbocycles. The third kappa shape index (κ3) is 5.49. The van der Waals surface area contributed by atoms with Crippen molar-refractivity contribution in [1.82, 2.24) is 20.0 Å². The SMILES string of the molecule is CNc1cncc(C(=O)NCC(C)(C)NS(C)(=O)=O)n1. The maximum absolute atomic E-state index is 11.9. The van der Waals surface area contributed by atoms with Crippen molar-refractivity contribution >= 4 is 21.7 Å². The van der Waals surface area contributed by atoms with Crippen molar-refractivity contribution in [3.05, 3.63) is 18.1 Å². The average molecular weight is 301 g/mol. The fraction of sp³-hybridized carbons (Fsp3) is 0.545. The van der Waals surface area contributed by atoms with Crippen molar-refractivity contribution in [2.75, 3.05) is 25.2 Å². The van der Waals surface area contributed by atoms with Gasteiger partial charge in [0.15, 0.2) is 0 Å². The largest absolute Gasteiger partial charge is 0.372 e. The normalized spacial score (nSPS) is 12.0. The number of rotatable bonds is 6. The van der Waals surface area contributed by atoms with Crippen molar-refractivity contribution in [3.63, 3.8) is 0 Å². The Bertz CT molecular complexity index is 585. The molecule has 1 amide bonds. The van der Waals surface area contributed by atoms with Crippen molar-refractivity contribution < 1.29 is 13.2 Å². The van der Waals surface area contributed by atoms with E-state index in [0.717, 1.165) is 6.26 Å². The Morgan fingerprint density at radius 3 is 2.55 bits per heavy atom. The van der Waals surface area contributed by atoms with Gasteiger partial charge in [-0.05, 0) is 13.8 Å². The smallest absolute Gasteiger partial charge is 0.271 e. The molecule has 0 aliphatic rings. The number of anilines is 1. The molecule has 0 spiro atoms. The zero-order valence-electron chi connectivity index (χ0n) is 11.9. The first kappa shape index (κ1) is 16.3. The van der Waals surface area contributed by atoms with E-state index in [9.17, 15) is 13.2 Å². The van der Waals surface area contributed by atoms with Gasteiger partial charge in [0.25, 0.3) is 5.91 Å². The monoisotopic (exact) mass is 301 g/mol. The maximum atomic E-state index is 11.9. The molecule has 0 aliphatic heterocycles. The third-order valence-corrected chi connectivity index (χ3v) is 3.20. The Labute approximate surface area is 118 Å². The van der Waals surface area contributed by atoms with Gasteiger partial charge in [-0.25, -0.2) is 18.1 Å². The molecule has 0 radical (unpaired) electrons. The number of hydrogen-bond donors (Lipinski definition) is 3. The van der Waals surface area contributed by atoms with E-state index in [4.69, 9.17) is 0 Å². The Morgan fingerprint density at radius 1 is 1.35 bits per heavy atom. The average Bonchev–Trinajstić information content (AvgIpc) is 2.33. The van der Waals surface area contributed by atoms with E-state index in [-0.39, 0.29) is 12.2 Å². The second-order valence-electron chi connectivity index (χ2n) is 4.98. The summed E-state index contributed by atoms with van der Waals surface area (Å²) in [7, 11) is -1.67. The first-order chi connectivity index (χ1) is 9.13. The highest BCUT2D eigenvalue weighted by atomic mass is 32.2. The number of sulfonamides is 1. The van der Waals surface area contributed by atoms with Gasteiger partial charge in [-0.2, -0.15) is 0 Å². The summed E-state index contributed by atoms with van der Waals surface area (Å²) in [5.41, 5.74) is -0.635. The summed E-state index contributed by atoms with van der Waals surface area (Å²) in [4.78, 5) is 19.8. The molecule has 8 nitrogen and oxygen atoms in total. The molecule has 1 heterocycles. The van der Waals surface area contributed by atoms with Crippen LogP contribution in [-0.4, -0.2) is 49.7 Å². The summed E-state index contributed by atoms with van der Waals surface area (Å²) in [6.07, 6.45) is 3.90. The predicted octanol–water partition coefficient (Wildman–Crippen LogP) is -0.424. The lowest BCUT2D eigenvalue weighted by Gasteiger charge is -2.25. The van der Waals surface area contributed by atoms with Crippen LogP contribution in [0.3, 0.4) is 0 Å². The minimum atomic E-state index is -3.34. The molecule has 112 valence electrons. The first-order valence-corrected chi connectivity index (χ1v) is 7.79. The second-order valence-corrected chi connectivity index (χ2v) is 6.73. The maximum Gasteiger partial charge on any atom is 0.271 e. The molecule has 1 rings (SSSR count). The highest BCUT2D eigenvalue weighted by Gasteiger charge is 2.23. The number of carbonyl (C=O) groups excluding carboxylic acids is 1. The lowest BCUT2D eigenvalue weighted by molar-refractivity contribution is 0.0939. The van der Waals surface area contributed by atoms with Gasteiger partial charge in [-0.3, -0.25) is 9.78 Å². The third-order valence-electron chi connectivity index (χ3n) is 2.28. The quantitative estimate of drug-likeness (QED) is 0.657. The number of aromatic nitrogens is 2. The fourth-order valence-corrected chi connectivity index (χ4v) is 2.60. The molecule has 0 unspecified atom stereocenters. The molecule has 0 fully saturated rings. The van der Waals surface area contributed by atoms with Gasteiger partial charge < -0.3 is 10.6 Å². The van der Waals surface area contributed by atoms with Gasteiger partial charge in [0.2, 0.25) is 10.0 Å². The van der Waals surface area contributed by atoms with Gasteiger partial charge in [-0.1, -0.05) is 0 Å². The standard InChI is InChI=1S/C11H19N5O3S/c1-11(2,16-20(4,18)19)7-14-10(17)8-5-13-6-9(12-3)15-8/h5-6,16H,7H2,1-4H3,(H,12,15)(H,14,17). The molecule has 9 heteroatoms. The highest BCUT2D eigenvalue weighted by molar-refractivity contribution is 7.88. The molecule has 20 heavy (non-hydrogen) atoms. The van der Waals surface area contributed by atoms with Crippen LogP contribution in [0.2, 0.25) is 0 Å². The van der Waals surface area contributed by atoms with E-state index in [1.165, 1.54) is 12.4 Å². The molecule has 0 saturated heterocycles.